The van der Waals surface area contributed by atoms with Crippen LogP contribution in [0.15, 0.2) is 54.7 Å². The Morgan fingerprint density at radius 3 is 2.69 bits per heavy atom. The van der Waals surface area contributed by atoms with Gasteiger partial charge in [-0.05, 0) is 55.3 Å². The van der Waals surface area contributed by atoms with Crippen molar-refractivity contribution in [2.45, 2.75) is 49.9 Å². The zero-order valence-corrected chi connectivity index (χ0v) is 20.2. The van der Waals surface area contributed by atoms with E-state index < -0.39 is 5.60 Å². The zero-order chi connectivity index (χ0) is 24.9. The molecule has 7 nitrogen and oxygen atoms in total. The van der Waals surface area contributed by atoms with E-state index >= 15 is 0 Å². The van der Waals surface area contributed by atoms with E-state index in [0.29, 0.717) is 55.2 Å². The standard InChI is InChI=1S/C28H29FN2O5/c1-34-25-15-18(4-9-23(25)35-21-7-6-20(32)17-21)27(33)30-13-10-28(11-14-30)26-3-2-12-31(26)22-8-5-19(29)16-24(22)36-28/h2-5,8-9,12,15-16,20-21,32H,6-7,10-11,13-14,17H2,1H3. The second-order valence-corrected chi connectivity index (χ2v) is 9.84. The van der Waals surface area contributed by atoms with Gasteiger partial charge in [0.15, 0.2) is 17.1 Å². The van der Waals surface area contributed by atoms with Crippen molar-refractivity contribution in [1.82, 2.24) is 9.47 Å². The van der Waals surface area contributed by atoms with E-state index in [-0.39, 0.29) is 23.9 Å². The predicted molar refractivity (Wildman–Crippen MR) is 130 cm³/mol. The van der Waals surface area contributed by atoms with Gasteiger partial charge in [-0.1, -0.05) is 0 Å². The van der Waals surface area contributed by atoms with Gasteiger partial charge in [0.1, 0.15) is 17.7 Å². The molecule has 2 unspecified atom stereocenters. The highest BCUT2D eigenvalue weighted by molar-refractivity contribution is 5.95. The number of rotatable bonds is 4. The molecule has 1 amide bonds. The van der Waals surface area contributed by atoms with E-state index in [2.05, 4.69) is 4.57 Å². The topological polar surface area (TPSA) is 73.2 Å². The molecular weight excluding hydrogens is 463 g/mol. The molecule has 2 aliphatic heterocycles. The fourth-order valence-corrected chi connectivity index (χ4v) is 5.71. The van der Waals surface area contributed by atoms with Crippen LogP contribution in [0.25, 0.3) is 5.69 Å². The van der Waals surface area contributed by atoms with Crippen LogP contribution < -0.4 is 14.2 Å². The van der Waals surface area contributed by atoms with E-state index in [1.165, 1.54) is 12.1 Å². The molecule has 2 aromatic carbocycles. The number of hydrogen-bond acceptors (Lipinski definition) is 5. The summed E-state index contributed by atoms with van der Waals surface area (Å²) >= 11 is 0. The number of nitrogens with zero attached hydrogens (tertiary/aromatic N) is 2. The van der Waals surface area contributed by atoms with Gasteiger partial charge in [0.2, 0.25) is 0 Å². The molecule has 0 bridgehead atoms. The van der Waals surface area contributed by atoms with Crippen molar-refractivity contribution in [2.24, 2.45) is 0 Å². The quantitative estimate of drug-likeness (QED) is 0.583. The Morgan fingerprint density at radius 1 is 1.11 bits per heavy atom. The molecule has 0 radical (unpaired) electrons. The number of amides is 1. The van der Waals surface area contributed by atoms with E-state index in [9.17, 15) is 14.3 Å². The number of piperidine rings is 1. The minimum atomic E-state index is -0.609. The molecule has 1 aliphatic carbocycles. The third-order valence-electron chi connectivity index (χ3n) is 7.62. The molecule has 6 rings (SSSR count). The number of hydrogen-bond donors (Lipinski definition) is 1. The van der Waals surface area contributed by atoms with Crippen LogP contribution in [0.2, 0.25) is 0 Å². The van der Waals surface area contributed by atoms with Gasteiger partial charge in [-0.25, -0.2) is 4.39 Å². The molecule has 3 aromatic rings. The average Bonchev–Trinajstić information content (AvgIpc) is 3.54. The van der Waals surface area contributed by atoms with Gasteiger partial charge >= 0.3 is 0 Å². The molecule has 36 heavy (non-hydrogen) atoms. The van der Waals surface area contributed by atoms with Gasteiger partial charge in [0.25, 0.3) is 5.91 Å². The van der Waals surface area contributed by atoms with Gasteiger partial charge in [0, 0.05) is 50.2 Å². The highest BCUT2D eigenvalue weighted by Crippen LogP contribution is 2.45. The number of aromatic nitrogens is 1. The number of benzene rings is 2. The lowest BCUT2D eigenvalue weighted by Crippen LogP contribution is -2.50. The second kappa shape index (κ2) is 8.85. The third-order valence-corrected chi connectivity index (χ3v) is 7.62. The average molecular weight is 493 g/mol. The van der Waals surface area contributed by atoms with Crippen LogP contribution in [0.3, 0.4) is 0 Å². The van der Waals surface area contributed by atoms with Crippen LogP contribution in [0, 0.1) is 5.82 Å². The summed E-state index contributed by atoms with van der Waals surface area (Å²) in [5.41, 5.74) is 1.76. The highest BCUT2D eigenvalue weighted by Gasteiger charge is 2.44. The van der Waals surface area contributed by atoms with Crippen molar-refractivity contribution in [2.75, 3.05) is 20.2 Å². The van der Waals surface area contributed by atoms with Crippen LogP contribution in [0.1, 0.15) is 48.2 Å². The number of likely N-dealkylation sites (tertiary alicyclic amines) is 1. The Hall–Kier alpha value is -3.52. The maximum Gasteiger partial charge on any atom is 0.253 e. The van der Waals surface area contributed by atoms with Gasteiger partial charge in [-0.3, -0.25) is 4.79 Å². The summed E-state index contributed by atoms with van der Waals surface area (Å²) in [6.07, 6.45) is 4.91. The van der Waals surface area contributed by atoms with Gasteiger partial charge in [-0.15, -0.1) is 0 Å². The molecule has 3 aliphatic rings. The number of aliphatic hydroxyl groups excluding tert-OH is 1. The van der Waals surface area contributed by atoms with Crippen LogP contribution in [-0.4, -0.2) is 52.9 Å². The number of carbonyl (C=O) groups is 1. The Labute approximate surface area is 209 Å². The van der Waals surface area contributed by atoms with Crippen LogP contribution in [-0.2, 0) is 5.60 Å². The normalized spacial score (nSPS) is 22.0. The number of fused-ring (bicyclic) bond motifs is 4. The monoisotopic (exact) mass is 492 g/mol. The largest absolute Gasteiger partial charge is 0.493 e. The van der Waals surface area contributed by atoms with Gasteiger partial charge < -0.3 is 28.8 Å². The molecule has 1 aromatic heterocycles. The predicted octanol–water partition coefficient (Wildman–Crippen LogP) is 4.44. The molecule has 1 spiro atoms. The molecule has 1 N–H and O–H groups in total. The van der Waals surface area contributed by atoms with Crippen LogP contribution in [0.5, 0.6) is 17.2 Å². The number of aliphatic hydroxyl groups is 1. The minimum absolute atomic E-state index is 0.0539. The summed E-state index contributed by atoms with van der Waals surface area (Å²) in [6, 6.07) is 13.9. The Kier molecular flexibility index (Phi) is 5.63. The van der Waals surface area contributed by atoms with E-state index in [0.717, 1.165) is 24.2 Å². The molecule has 2 fully saturated rings. The maximum atomic E-state index is 14.0. The summed E-state index contributed by atoms with van der Waals surface area (Å²) in [5, 5.41) is 9.77. The van der Waals surface area contributed by atoms with E-state index in [1.54, 1.807) is 31.4 Å². The van der Waals surface area contributed by atoms with Crippen LogP contribution in [0.4, 0.5) is 4.39 Å². The van der Waals surface area contributed by atoms with Gasteiger partial charge in [0.05, 0.1) is 24.6 Å². The van der Waals surface area contributed by atoms with Crippen molar-refractivity contribution in [3.8, 4) is 22.9 Å². The molecule has 188 valence electrons. The smallest absolute Gasteiger partial charge is 0.253 e. The first kappa shape index (κ1) is 22.9. The first-order valence-electron chi connectivity index (χ1n) is 12.4. The lowest BCUT2D eigenvalue weighted by atomic mass is 9.86. The number of halogens is 1. The molecule has 1 saturated heterocycles. The van der Waals surface area contributed by atoms with Crippen molar-refractivity contribution >= 4 is 5.91 Å². The second-order valence-electron chi connectivity index (χ2n) is 9.84. The molecule has 8 heteroatoms. The summed E-state index contributed by atoms with van der Waals surface area (Å²) in [5.74, 6) is 1.19. The maximum absolute atomic E-state index is 14.0. The fraction of sp³-hybridized carbons (Fsp3) is 0.393. The molecule has 1 saturated carbocycles. The number of carbonyl (C=O) groups excluding carboxylic acids is 1. The van der Waals surface area contributed by atoms with Crippen molar-refractivity contribution in [3.05, 3.63) is 71.8 Å². The van der Waals surface area contributed by atoms with Crippen LogP contribution >= 0.6 is 0 Å². The highest BCUT2D eigenvalue weighted by atomic mass is 19.1. The summed E-state index contributed by atoms with van der Waals surface area (Å²) in [4.78, 5) is 15.2. The first-order chi connectivity index (χ1) is 17.5. The third kappa shape index (κ3) is 3.89. The zero-order valence-electron chi connectivity index (χ0n) is 20.2. The van der Waals surface area contributed by atoms with Crippen molar-refractivity contribution in [3.63, 3.8) is 0 Å². The first-order valence-corrected chi connectivity index (χ1v) is 12.4. The Balaban J connectivity index is 1.18. The summed E-state index contributed by atoms with van der Waals surface area (Å²) < 4.78 is 34.0. The molecule has 3 heterocycles. The Morgan fingerprint density at radius 2 is 1.94 bits per heavy atom. The SMILES string of the molecule is COc1cc(C(=O)N2CCC3(CC2)Oc2cc(F)ccc2-n2cccc23)ccc1OC1CCC(O)C1. The number of methoxy groups -OCH3 is 1. The van der Waals surface area contributed by atoms with Gasteiger partial charge in [-0.2, -0.15) is 0 Å². The number of ether oxygens (including phenoxy) is 3. The Bertz CT molecular complexity index is 1300. The molecule has 2 atom stereocenters. The lowest BCUT2D eigenvalue weighted by Gasteiger charge is -2.45. The summed E-state index contributed by atoms with van der Waals surface area (Å²) in [6.45, 7) is 1.02. The minimum Gasteiger partial charge on any atom is -0.493 e. The van der Waals surface area contributed by atoms with E-state index in [1.807, 2.05) is 23.2 Å². The lowest BCUT2D eigenvalue weighted by molar-refractivity contribution is -0.00951. The van der Waals surface area contributed by atoms with E-state index in [4.69, 9.17) is 14.2 Å². The summed E-state index contributed by atoms with van der Waals surface area (Å²) in [7, 11) is 1.56. The molecular formula is C28H29FN2O5. The van der Waals surface area contributed by atoms with Crippen molar-refractivity contribution in [1.29, 1.82) is 0 Å². The fourth-order valence-electron chi connectivity index (χ4n) is 5.71. The van der Waals surface area contributed by atoms with Crippen molar-refractivity contribution < 1.29 is 28.5 Å².